The number of hydrogen-bond acceptors (Lipinski definition) is 4. The minimum absolute atomic E-state index is 0.350. The Balaban J connectivity index is 1.64. The highest BCUT2D eigenvalue weighted by molar-refractivity contribution is 5.92. The molecule has 4 aromatic carbocycles. The molecule has 166 valence electrons. The van der Waals surface area contributed by atoms with Crippen molar-refractivity contribution in [2.24, 2.45) is 0 Å². The molecule has 4 aromatic rings. The number of hydrogen-bond donors (Lipinski definition) is 0. The van der Waals surface area contributed by atoms with Gasteiger partial charge in [-0.3, -0.25) is 0 Å². The molecule has 0 atom stereocenters. The van der Waals surface area contributed by atoms with Crippen LogP contribution >= 0.6 is 0 Å². The van der Waals surface area contributed by atoms with Gasteiger partial charge in [0, 0.05) is 22.3 Å². The zero-order valence-electron chi connectivity index (χ0n) is 19.1. The molecular weight excluding hydrogens is 424 g/mol. The van der Waals surface area contributed by atoms with Gasteiger partial charge in [0.2, 0.25) is 0 Å². The number of fused-ring (bicyclic) bond motifs is 1. The summed E-state index contributed by atoms with van der Waals surface area (Å²) in [6.07, 6.45) is 0. The predicted octanol–water partition coefficient (Wildman–Crippen LogP) is 5.44. The summed E-state index contributed by atoms with van der Waals surface area (Å²) in [6.45, 7) is 0. The molecule has 0 amide bonds. The maximum absolute atomic E-state index is 11.9. The van der Waals surface area contributed by atoms with E-state index >= 15 is 0 Å². The molecule has 4 nitrogen and oxygen atoms in total. The number of carbonyl (C=O) groups excluding carboxylic acids is 1. The minimum atomic E-state index is -0.459. The molecule has 0 spiro atoms. The van der Waals surface area contributed by atoms with E-state index in [4.69, 9.17) is 14.2 Å². The highest BCUT2D eigenvalue weighted by Gasteiger charge is 2.12. The van der Waals surface area contributed by atoms with Gasteiger partial charge in [0.05, 0.1) is 21.3 Å². The molecule has 0 aliphatic heterocycles. The molecule has 0 bridgehead atoms. The van der Waals surface area contributed by atoms with Crippen LogP contribution in [0.5, 0.6) is 11.5 Å². The van der Waals surface area contributed by atoms with E-state index in [1.54, 1.807) is 25.3 Å². The van der Waals surface area contributed by atoms with Crippen molar-refractivity contribution in [3.63, 3.8) is 0 Å². The van der Waals surface area contributed by atoms with Crippen molar-refractivity contribution in [1.82, 2.24) is 0 Å². The first-order valence-corrected chi connectivity index (χ1v) is 10.6. The summed E-state index contributed by atoms with van der Waals surface area (Å²) in [7, 11) is 4.45. The van der Waals surface area contributed by atoms with Crippen LogP contribution in [-0.2, 0) is 4.74 Å². The lowest BCUT2D eigenvalue weighted by Gasteiger charge is -2.06. The van der Waals surface area contributed by atoms with Crippen LogP contribution in [0.4, 0.5) is 0 Å². The van der Waals surface area contributed by atoms with Crippen molar-refractivity contribution in [2.75, 3.05) is 21.3 Å². The highest BCUT2D eigenvalue weighted by Crippen LogP contribution is 2.21. The van der Waals surface area contributed by atoms with Gasteiger partial charge in [-0.15, -0.1) is 0 Å². The van der Waals surface area contributed by atoms with Crippen LogP contribution in [0.15, 0.2) is 78.9 Å². The second kappa shape index (κ2) is 10.3. The van der Waals surface area contributed by atoms with Crippen LogP contribution in [0.25, 0.3) is 10.8 Å². The van der Waals surface area contributed by atoms with E-state index in [0.717, 1.165) is 22.1 Å². The molecule has 0 radical (unpaired) electrons. The Hall–Kier alpha value is -4.67. The molecule has 0 heterocycles. The van der Waals surface area contributed by atoms with Gasteiger partial charge in [0.15, 0.2) is 0 Å². The number of methoxy groups -OCH3 is 3. The third kappa shape index (κ3) is 5.21. The summed E-state index contributed by atoms with van der Waals surface area (Å²) >= 11 is 0. The van der Waals surface area contributed by atoms with Crippen molar-refractivity contribution in [3.05, 3.63) is 107 Å². The maximum Gasteiger partial charge on any atom is 0.341 e. The van der Waals surface area contributed by atoms with Gasteiger partial charge in [-0.2, -0.15) is 0 Å². The zero-order valence-corrected chi connectivity index (χ0v) is 19.1. The average Bonchev–Trinajstić information content (AvgIpc) is 2.89. The van der Waals surface area contributed by atoms with Gasteiger partial charge in [0.25, 0.3) is 0 Å². The van der Waals surface area contributed by atoms with Crippen molar-refractivity contribution in [1.29, 1.82) is 0 Å². The summed E-state index contributed by atoms with van der Waals surface area (Å²) in [5.74, 6) is 13.3. The zero-order chi connectivity index (χ0) is 23.9. The summed E-state index contributed by atoms with van der Waals surface area (Å²) in [5, 5.41) is 2.34. The minimum Gasteiger partial charge on any atom is -0.497 e. The first-order valence-electron chi connectivity index (χ1n) is 10.6. The van der Waals surface area contributed by atoms with Crippen LogP contribution in [0.3, 0.4) is 0 Å². The molecular formula is C30H22O4. The fourth-order valence-electron chi connectivity index (χ4n) is 3.46. The molecule has 0 fully saturated rings. The van der Waals surface area contributed by atoms with Gasteiger partial charge >= 0.3 is 5.97 Å². The SMILES string of the molecule is COC(=O)c1ccc(C#Cc2cc(C#Cc3ccc4ccccc4c3)cc(OC)c2)cc1OC. The van der Waals surface area contributed by atoms with E-state index in [1.165, 1.54) is 19.6 Å². The van der Waals surface area contributed by atoms with Crippen LogP contribution in [0, 0.1) is 23.7 Å². The van der Waals surface area contributed by atoms with E-state index in [1.807, 2.05) is 36.4 Å². The van der Waals surface area contributed by atoms with Gasteiger partial charge in [-0.1, -0.05) is 54.0 Å². The van der Waals surface area contributed by atoms with Crippen molar-refractivity contribution >= 4 is 16.7 Å². The molecule has 0 aliphatic rings. The van der Waals surface area contributed by atoms with Crippen LogP contribution < -0.4 is 9.47 Å². The summed E-state index contributed by atoms with van der Waals surface area (Å²) < 4.78 is 15.5. The first kappa shape index (κ1) is 22.5. The van der Waals surface area contributed by atoms with Crippen molar-refractivity contribution < 1.29 is 19.0 Å². The maximum atomic E-state index is 11.9. The summed E-state index contributed by atoms with van der Waals surface area (Å²) in [6, 6.07) is 25.1. The van der Waals surface area contributed by atoms with Crippen LogP contribution in [0.2, 0.25) is 0 Å². The van der Waals surface area contributed by atoms with Gasteiger partial charge in [0.1, 0.15) is 17.1 Å². The number of benzene rings is 4. The Morgan fingerprint density at radius 2 is 1.24 bits per heavy atom. The molecule has 0 saturated carbocycles. The third-order valence-electron chi connectivity index (χ3n) is 5.20. The van der Waals surface area contributed by atoms with E-state index < -0.39 is 5.97 Å². The molecule has 0 saturated heterocycles. The molecule has 4 heteroatoms. The number of rotatable bonds is 3. The van der Waals surface area contributed by atoms with E-state index in [0.29, 0.717) is 22.6 Å². The number of ether oxygens (including phenoxy) is 3. The van der Waals surface area contributed by atoms with Gasteiger partial charge < -0.3 is 14.2 Å². The van der Waals surface area contributed by atoms with Gasteiger partial charge in [-0.25, -0.2) is 4.79 Å². The Labute approximate surface area is 199 Å². The monoisotopic (exact) mass is 446 g/mol. The Kier molecular flexibility index (Phi) is 6.82. The van der Waals surface area contributed by atoms with Crippen LogP contribution in [-0.4, -0.2) is 27.3 Å². The highest BCUT2D eigenvalue weighted by atomic mass is 16.5. The molecule has 0 aliphatic carbocycles. The second-order valence-corrected chi connectivity index (χ2v) is 7.42. The molecule has 34 heavy (non-hydrogen) atoms. The predicted molar refractivity (Wildman–Crippen MR) is 133 cm³/mol. The second-order valence-electron chi connectivity index (χ2n) is 7.42. The van der Waals surface area contributed by atoms with E-state index in [9.17, 15) is 4.79 Å². The largest absolute Gasteiger partial charge is 0.497 e. The summed E-state index contributed by atoms with van der Waals surface area (Å²) in [4.78, 5) is 11.9. The molecule has 4 rings (SSSR count). The molecule has 0 aromatic heterocycles. The van der Waals surface area contributed by atoms with Crippen molar-refractivity contribution in [2.45, 2.75) is 0 Å². The van der Waals surface area contributed by atoms with E-state index in [2.05, 4.69) is 47.9 Å². The normalized spacial score (nSPS) is 9.85. The topological polar surface area (TPSA) is 44.8 Å². The Bertz CT molecular complexity index is 1490. The fourth-order valence-corrected chi connectivity index (χ4v) is 3.46. The first-order chi connectivity index (χ1) is 16.6. The van der Waals surface area contributed by atoms with Crippen molar-refractivity contribution in [3.8, 4) is 35.2 Å². The molecule has 0 unspecified atom stereocenters. The lowest BCUT2D eigenvalue weighted by molar-refractivity contribution is 0.0597. The fraction of sp³-hybridized carbons (Fsp3) is 0.100. The summed E-state index contributed by atoms with van der Waals surface area (Å²) in [5.41, 5.74) is 3.56. The lowest BCUT2D eigenvalue weighted by Crippen LogP contribution is -2.04. The standard InChI is InChI=1S/C30H22O4/c1-32-27-18-23(10-8-21-12-14-25-6-4-5-7-26(25)17-21)16-24(19-27)11-9-22-13-15-28(30(31)34-3)29(20-22)33-2/h4-7,12-20H,1-3H3. The number of carbonyl (C=O) groups is 1. The smallest absolute Gasteiger partial charge is 0.341 e. The van der Waals surface area contributed by atoms with Crippen LogP contribution in [0.1, 0.15) is 32.6 Å². The Morgan fingerprint density at radius 3 is 1.88 bits per heavy atom. The number of esters is 1. The van der Waals surface area contributed by atoms with Gasteiger partial charge in [-0.05, 0) is 59.3 Å². The molecule has 0 N–H and O–H groups in total. The quantitative estimate of drug-likeness (QED) is 0.310. The lowest BCUT2D eigenvalue weighted by atomic mass is 10.1. The third-order valence-corrected chi connectivity index (χ3v) is 5.20. The Morgan fingerprint density at radius 1 is 0.618 bits per heavy atom. The van der Waals surface area contributed by atoms with E-state index in [-0.39, 0.29) is 0 Å². The average molecular weight is 447 g/mol.